The Kier molecular flexibility index (Phi) is 2.91. The molecular weight excluding hydrogens is 208 g/mol. The van der Waals surface area contributed by atoms with Gasteiger partial charge in [0.05, 0.1) is 0 Å². The van der Waals surface area contributed by atoms with Gasteiger partial charge in [-0.2, -0.15) is 0 Å². The molecule has 0 bridgehead atoms. The van der Waals surface area contributed by atoms with Crippen molar-refractivity contribution in [2.75, 3.05) is 11.9 Å². The third-order valence-electron chi connectivity index (χ3n) is 1.91. The zero-order valence-electron chi connectivity index (χ0n) is 8.69. The Morgan fingerprint density at radius 1 is 1.33 bits per heavy atom. The molecule has 0 amide bonds. The minimum atomic E-state index is 0.855. The third-order valence-corrected chi connectivity index (χ3v) is 2.84. The van der Waals surface area contributed by atoms with Gasteiger partial charge in [-0.05, 0) is 26.0 Å². The number of aromatic nitrogens is 3. The Hall–Kier alpha value is -1.49. The summed E-state index contributed by atoms with van der Waals surface area (Å²) in [6, 6.07) is 3.99. The van der Waals surface area contributed by atoms with Crippen LogP contribution in [0.2, 0.25) is 0 Å². The van der Waals surface area contributed by atoms with Gasteiger partial charge in [-0.15, -0.1) is 10.2 Å². The van der Waals surface area contributed by atoms with Crippen molar-refractivity contribution in [2.24, 2.45) is 0 Å². The van der Waals surface area contributed by atoms with Gasteiger partial charge in [-0.1, -0.05) is 11.3 Å². The Labute approximate surface area is 92.4 Å². The predicted octanol–water partition coefficient (Wildman–Crippen LogP) is 2.34. The number of anilines is 1. The van der Waals surface area contributed by atoms with Crippen LogP contribution >= 0.6 is 11.3 Å². The molecule has 4 nitrogen and oxygen atoms in total. The van der Waals surface area contributed by atoms with Gasteiger partial charge < -0.3 is 5.32 Å². The molecule has 1 N–H and O–H groups in total. The summed E-state index contributed by atoms with van der Waals surface area (Å²) in [4.78, 5) is 4.23. The summed E-state index contributed by atoms with van der Waals surface area (Å²) < 4.78 is 0. The fourth-order valence-electron chi connectivity index (χ4n) is 1.16. The van der Waals surface area contributed by atoms with Crippen molar-refractivity contribution in [1.82, 2.24) is 15.2 Å². The maximum absolute atomic E-state index is 4.23. The first-order chi connectivity index (χ1) is 7.29. The SMILES string of the molecule is CCNc1nnc(-c2ccc(C)nc2)s1. The molecule has 0 saturated carbocycles. The molecule has 0 aromatic carbocycles. The smallest absolute Gasteiger partial charge is 0.205 e. The molecule has 2 heterocycles. The molecule has 0 aliphatic carbocycles. The minimum absolute atomic E-state index is 0.855. The average molecular weight is 220 g/mol. The molecule has 0 atom stereocenters. The van der Waals surface area contributed by atoms with E-state index in [0.29, 0.717) is 0 Å². The first kappa shape index (κ1) is 10.0. The van der Waals surface area contributed by atoms with Crippen LogP contribution in [-0.4, -0.2) is 21.7 Å². The number of nitrogens with one attached hydrogen (secondary N) is 1. The molecule has 2 rings (SSSR count). The molecule has 0 aliphatic heterocycles. The fourth-order valence-corrected chi connectivity index (χ4v) is 1.96. The third kappa shape index (κ3) is 2.30. The van der Waals surface area contributed by atoms with E-state index in [1.807, 2.05) is 32.2 Å². The molecule has 2 aromatic heterocycles. The molecule has 0 aliphatic rings. The number of rotatable bonds is 3. The van der Waals surface area contributed by atoms with Gasteiger partial charge in [-0.3, -0.25) is 4.98 Å². The standard InChI is InChI=1S/C10H12N4S/c1-3-11-10-14-13-9(15-10)8-5-4-7(2)12-6-8/h4-6H,3H2,1-2H3,(H,11,14). The van der Waals surface area contributed by atoms with E-state index in [9.17, 15) is 0 Å². The molecule has 0 fully saturated rings. The number of pyridine rings is 1. The average Bonchev–Trinajstić information content (AvgIpc) is 2.68. The van der Waals surface area contributed by atoms with E-state index >= 15 is 0 Å². The lowest BCUT2D eigenvalue weighted by atomic mass is 10.3. The van der Waals surface area contributed by atoms with E-state index in [-0.39, 0.29) is 0 Å². The minimum Gasteiger partial charge on any atom is -0.360 e. The van der Waals surface area contributed by atoms with E-state index in [0.717, 1.165) is 27.9 Å². The van der Waals surface area contributed by atoms with Crippen LogP contribution in [0.5, 0.6) is 0 Å². The van der Waals surface area contributed by atoms with Crippen LogP contribution in [0.25, 0.3) is 10.6 Å². The van der Waals surface area contributed by atoms with Crippen LogP contribution in [0.4, 0.5) is 5.13 Å². The van der Waals surface area contributed by atoms with Crippen LogP contribution < -0.4 is 5.32 Å². The number of aryl methyl sites for hydroxylation is 1. The Morgan fingerprint density at radius 3 is 2.87 bits per heavy atom. The summed E-state index contributed by atoms with van der Waals surface area (Å²) in [7, 11) is 0. The fraction of sp³-hybridized carbons (Fsp3) is 0.300. The number of hydrogen-bond donors (Lipinski definition) is 1. The lowest BCUT2D eigenvalue weighted by molar-refractivity contribution is 1.07. The summed E-state index contributed by atoms with van der Waals surface area (Å²) in [6.45, 7) is 4.86. The van der Waals surface area contributed by atoms with E-state index in [2.05, 4.69) is 20.5 Å². The first-order valence-corrected chi connectivity index (χ1v) is 5.61. The van der Waals surface area contributed by atoms with Crippen LogP contribution in [-0.2, 0) is 0 Å². The summed E-state index contributed by atoms with van der Waals surface area (Å²) in [6.07, 6.45) is 1.82. The van der Waals surface area contributed by atoms with E-state index in [1.165, 1.54) is 0 Å². The summed E-state index contributed by atoms with van der Waals surface area (Å²) in [5.74, 6) is 0. The van der Waals surface area contributed by atoms with E-state index < -0.39 is 0 Å². The highest BCUT2D eigenvalue weighted by atomic mass is 32.1. The Morgan fingerprint density at radius 2 is 2.20 bits per heavy atom. The van der Waals surface area contributed by atoms with E-state index in [4.69, 9.17) is 0 Å². The highest BCUT2D eigenvalue weighted by molar-refractivity contribution is 7.18. The summed E-state index contributed by atoms with van der Waals surface area (Å²) >= 11 is 1.54. The Balaban J connectivity index is 2.25. The Bertz CT molecular complexity index is 435. The summed E-state index contributed by atoms with van der Waals surface area (Å²) in [5.41, 5.74) is 2.03. The molecule has 15 heavy (non-hydrogen) atoms. The maximum Gasteiger partial charge on any atom is 0.205 e. The van der Waals surface area contributed by atoms with Gasteiger partial charge in [0, 0.05) is 24.0 Å². The van der Waals surface area contributed by atoms with Gasteiger partial charge in [0.25, 0.3) is 0 Å². The molecule has 5 heteroatoms. The van der Waals surface area contributed by atoms with Crippen LogP contribution in [0.15, 0.2) is 18.3 Å². The lowest BCUT2D eigenvalue weighted by Gasteiger charge is -1.95. The van der Waals surface area contributed by atoms with Gasteiger partial charge in [-0.25, -0.2) is 0 Å². The van der Waals surface area contributed by atoms with Gasteiger partial charge in [0.2, 0.25) is 5.13 Å². The van der Waals surface area contributed by atoms with Crippen LogP contribution in [0, 0.1) is 6.92 Å². The topological polar surface area (TPSA) is 50.7 Å². The van der Waals surface area contributed by atoms with Crippen molar-refractivity contribution in [2.45, 2.75) is 13.8 Å². The van der Waals surface area contributed by atoms with Crippen LogP contribution in [0.3, 0.4) is 0 Å². The highest BCUT2D eigenvalue weighted by Crippen LogP contribution is 2.25. The largest absolute Gasteiger partial charge is 0.360 e. The summed E-state index contributed by atoms with van der Waals surface area (Å²) in [5, 5.41) is 13.0. The molecule has 0 spiro atoms. The molecule has 0 radical (unpaired) electrons. The highest BCUT2D eigenvalue weighted by Gasteiger charge is 2.05. The maximum atomic E-state index is 4.23. The second-order valence-corrected chi connectivity index (χ2v) is 4.11. The lowest BCUT2D eigenvalue weighted by Crippen LogP contribution is -1.94. The molecule has 0 unspecified atom stereocenters. The monoisotopic (exact) mass is 220 g/mol. The second kappa shape index (κ2) is 4.35. The van der Waals surface area contributed by atoms with Crippen molar-refractivity contribution in [3.8, 4) is 10.6 Å². The first-order valence-electron chi connectivity index (χ1n) is 4.80. The molecule has 78 valence electrons. The zero-order valence-corrected chi connectivity index (χ0v) is 9.51. The van der Waals surface area contributed by atoms with Crippen molar-refractivity contribution >= 4 is 16.5 Å². The number of hydrogen-bond acceptors (Lipinski definition) is 5. The quantitative estimate of drug-likeness (QED) is 0.862. The second-order valence-electron chi connectivity index (χ2n) is 3.13. The van der Waals surface area contributed by atoms with Crippen molar-refractivity contribution < 1.29 is 0 Å². The predicted molar refractivity (Wildman–Crippen MR) is 62.0 cm³/mol. The zero-order chi connectivity index (χ0) is 10.7. The number of nitrogens with zero attached hydrogens (tertiary/aromatic N) is 3. The normalized spacial score (nSPS) is 10.3. The molecule has 2 aromatic rings. The van der Waals surface area contributed by atoms with Gasteiger partial charge in [0.1, 0.15) is 0 Å². The van der Waals surface area contributed by atoms with Gasteiger partial charge >= 0.3 is 0 Å². The van der Waals surface area contributed by atoms with Gasteiger partial charge in [0.15, 0.2) is 5.01 Å². The van der Waals surface area contributed by atoms with Crippen molar-refractivity contribution in [3.63, 3.8) is 0 Å². The van der Waals surface area contributed by atoms with Crippen LogP contribution in [0.1, 0.15) is 12.6 Å². The molecule has 0 saturated heterocycles. The van der Waals surface area contributed by atoms with Crippen molar-refractivity contribution in [1.29, 1.82) is 0 Å². The molecular formula is C10H12N4S. The van der Waals surface area contributed by atoms with E-state index in [1.54, 1.807) is 11.3 Å². The van der Waals surface area contributed by atoms with Crippen molar-refractivity contribution in [3.05, 3.63) is 24.0 Å².